The predicted octanol–water partition coefficient (Wildman–Crippen LogP) is 4.84. The molecule has 5 rings (SSSR count). The Kier molecular flexibility index (Phi) is 3.89. The molecule has 1 aliphatic rings. The van der Waals surface area contributed by atoms with Gasteiger partial charge in [0.05, 0.1) is 6.54 Å². The second kappa shape index (κ2) is 6.44. The monoisotopic (exact) mass is 380 g/mol. The second-order valence-corrected chi connectivity index (χ2v) is 6.98. The zero-order valence-corrected chi connectivity index (χ0v) is 14.7. The van der Waals surface area contributed by atoms with Crippen molar-refractivity contribution < 1.29 is 13.2 Å². The summed E-state index contributed by atoms with van der Waals surface area (Å²) in [5.74, 6) is -2.01. The van der Waals surface area contributed by atoms with Crippen LogP contribution in [0, 0.1) is 17.5 Å². The fraction of sp³-hybridized carbons (Fsp3) is 0.190. The molecular weight excluding hydrogens is 365 g/mol. The summed E-state index contributed by atoms with van der Waals surface area (Å²) >= 11 is 0. The summed E-state index contributed by atoms with van der Waals surface area (Å²) in [7, 11) is 0. The number of nitrogens with zero attached hydrogens (tertiary/aromatic N) is 4. The number of hydrogen-bond donors (Lipinski definition) is 0. The van der Waals surface area contributed by atoms with E-state index >= 15 is 0 Å². The van der Waals surface area contributed by atoms with Crippen LogP contribution in [0.4, 0.5) is 13.2 Å². The maximum Gasteiger partial charge on any atom is 0.166 e. The normalized spacial score (nSPS) is 14.0. The van der Waals surface area contributed by atoms with Crippen LogP contribution in [-0.2, 0) is 6.54 Å². The first-order chi connectivity index (χ1) is 13.6. The number of benzene rings is 1. The maximum atomic E-state index is 14.1. The Hall–Kier alpha value is -3.22. The number of hydrogen-bond acceptors (Lipinski definition) is 3. The molecule has 0 radical (unpaired) electrons. The van der Waals surface area contributed by atoms with Crippen molar-refractivity contribution in [2.24, 2.45) is 0 Å². The molecule has 0 amide bonds. The first-order valence-electron chi connectivity index (χ1n) is 9.00. The van der Waals surface area contributed by atoms with Crippen molar-refractivity contribution in [3.05, 3.63) is 77.6 Å². The van der Waals surface area contributed by atoms with E-state index in [0.717, 1.165) is 35.9 Å². The fourth-order valence-electron chi connectivity index (χ4n) is 3.41. The highest BCUT2D eigenvalue weighted by Crippen LogP contribution is 2.39. The van der Waals surface area contributed by atoms with Gasteiger partial charge in [0.2, 0.25) is 0 Å². The quantitative estimate of drug-likeness (QED) is 0.476. The van der Waals surface area contributed by atoms with Gasteiger partial charge >= 0.3 is 0 Å². The van der Waals surface area contributed by atoms with Gasteiger partial charge in [-0.1, -0.05) is 0 Å². The number of aromatic nitrogens is 4. The fourth-order valence-corrected chi connectivity index (χ4v) is 3.41. The minimum atomic E-state index is -1.19. The highest BCUT2D eigenvalue weighted by molar-refractivity contribution is 5.92. The van der Waals surface area contributed by atoms with Crippen molar-refractivity contribution >= 4 is 11.0 Å². The van der Waals surface area contributed by atoms with Gasteiger partial charge in [-0.25, -0.2) is 28.1 Å². The molecular formula is C21H15F3N4. The largest absolute Gasteiger partial charge is 0.327 e. The van der Waals surface area contributed by atoms with E-state index in [2.05, 4.69) is 15.0 Å². The lowest BCUT2D eigenvalue weighted by Crippen LogP contribution is -2.06. The van der Waals surface area contributed by atoms with Crippen LogP contribution in [-0.4, -0.2) is 19.5 Å². The van der Waals surface area contributed by atoms with Crippen LogP contribution in [0.25, 0.3) is 22.4 Å². The first-order valence-corrected chi connectivity index (χ1v) is 9.00. The zero-order chi connectivity index (χ0) is 19.3. The Morgan fingerprint density at radius 3 is 2.46 bits per heavy atom. The lowest BCUT2D eigenvalue weighted by atomic mass is 10.2. The molecule has 0 spiro atoms. The molecule has 0 unspecified atom stereocenters. The molecule has 1 aromatic carbocycles. The van der Waals surface area contributed by atoms with Crippen LogP contribution in [0.3, 0.4) is 0 Å². The van der Waals surface area contributed by atoms with Gasteiger partial charge in [-0.3, -0.25) is 0 Å². The Balaban J connectivity index is 1.60. The Bertz CT molecular complexity index is 1180. The van der Waals surface area contributed by atoms with Crippen molar-refractivity contribution in [2.75, 3.05) is 0 Å². The van der Waals surface area contributed by atoms with Crippen LogP contribution in [0.1, 0.15) is 29.9 Å². The van der Waals surface area contributed by atoms with E-state index in [0.29, 0.717) is 23.0 Å². The van der Waals surface area contributed by atoms with Gasteiger partial charge in [0.25, 0.3) is 0 Å². The summed E-state index contributed by atoms with van der Waals surface area (Å²) in [5.41, 5.74) is 2.01. The molecule has 4 aromatic rings. The SMILES string of the molecule is Fc1ccc(F)c(Cn2cc(-c3ncc(C4CC4)cn3)c3cccnc32)c1F. The summed E-state index contributed by atoms with van der Waals surface area (Å²) in [6, 6.07) is 5.33. The van der Waals surface area contributed by atoms with Gasteiger partial charge in [-0.2, -0.15) is 0 Å². The van der Waals surface area contributed by atoms with Crippen molar-refractivity contribution in [2.45, 2.75) is 25.3 Å². The highest BCUT2D eigenvalue weighted by atomic mass is 19.2. The van der Waals surface area contributed by atoms with Gasteiger partial charge in [-0.05, 0) is 48.6 Å². The minimum absolute atomic E-state index is 0.191. The standard InChI is InChI=1S/C21H15F3N4/c22-17-5-6-18(23)19(24)16(17)11-28-10-15(14-2-1-7-25-21(14)28)20-26-8-13(9-27-20)12-3-4-12/h1-2,5-10,12H,3-4,11H2. The summed E-state index contributed by atoms with van der Waals surface area (Å²) in [6.07, 6.45) is 9.27. The van der Waals surface area contributed by atoms with Crippen molar-refractivity contribution in [3.63, 3.8) is 0 Å². The van der Waals surface area contributed by atoms with Gasteiger partial charge in [-0.15, -0.1) is 0 Å². The molecule has 0 N–H and O–H groups in total. The highest BCUT2D eigenvalue weighted by Gasteiger charge is 2.24. The van der Waals surface area contributed by atoms with Crippen LogP contribution >= 0.6 is 0 Å². The van der Waals surface area contributed by atoms with Crippen LogP contribution in [0.15, 0.2) is 49.1 Å². The molecule has 3 heterocycles. The smallest absolute Gasteiger partial charge is 0.166 e. The molecule has 1 fully saturated rings. The van der Waals surface area contributed by atoms with Crippen LogP contribution < -0.4 is 0 Å². The van der Waals surface area contributed by atoms with Gasteiger partial charge in [0.1, 0.15) is 11.5 Å². The average Bonchev–Trinajstić information content (AvgIpc) is 3.51. The first kappa shape index (κ1) is 16.9. The summed E-state index contributed by atoms with van der Waals surface area (Å²) in [6.45, 7) is -0.191. The summed E-state index contributed by atoms with van der Waals surface area (Å²) in [5, 5.41) is 0.763. The van der Waals surface area contributed by atoms with E-state index in [1.165, 1.54) is 0 Å². The maximum absolute atomic E-state index is 14.1. The number of rotatable bonds is 4. The van der Waals surface area contributed by atoms with E-state index in [4.69, 9.17) is 0 Å². The lowest BCUT2D eigenvalue weighted by Gasteiger charge is -2.08. The van der Waals surface area contributed by atoms with E-state index in [1.807, 2.05) is 18.5 Å². The van der Waals surface area contributed by atoms with E-state index in [-0.39, 0.29) is 12.1 Å². The molecule has 7 heteroatoms. The molecule has 0 atom stereocenters. The van der Waals surface area contributed by atoms with Crippen molar-refractivity contribution in [3.8, 4) is 11.4 Å². The lowest BCUT2D eigenvalue weighted by molar-refractivity contribution is 0.475. The van der Waals surface area contributed by atoms with Gasteiger partial charge in [0, 0.05) is 41.3 Å². The van der Waals surface area contributed by atoms with E-state index in [1.54, 1.807) is 23.0 Å². The third-order valence-electron chi connectivity index (χ3n) is 5.06. The number of fused-ring (bicyclic) bond motifs is 1. The second-order valence-electron chi connectivity index (χ2n) is 6.98. The zero-order valence-electron chi connectivity index (χ0n) is 14.7. The number of halogens is 3. The van der Waals surface area contributed by atoms with E-state index in [9.17, 15) is 13.2 Å². The molecule has 140 valence electrons. The summed E-state index contributed by atoms with van der Waals surface area (Å²) in [4.78, 5) is 13.3. The average molecular weight is 380 g/mol. The minimum Gasteiger partial charge on any atom is -0.327 e. The molecule has 4 nitrogen and oxygen atoms in total. The Labute approximate surface area is 158 Å². The number of pyridine rings is 1. The van der Waals surface area contributed by atoms with E-state index < -0.39 is 17.5 Å². The third-order valence-corrected chi connectivity index (χ3v) is 5.06. The molecule has 0 aliphatic heterocycles. The third kappa shape index (κ3) is 2.83. The molecule has 1 saturated carbocycles. The van der Waals surface area contributed by atoms with Crippen LogP contribution in [0.2, 0.25) is 0 Å². The molecule has 28 heavy (non-hydrogen) atoms. The van der Waals surface area contributed by atoms with Crippen molar-refractivity contribution in [1.29, 1.82) is 0 Å². The topological polar surface area (TPSA) is 43.6 Å². The van der Waals surface area contributed by atoms with Crippen molar-refractivity contribution in [1.82, 2.24) is 19.5 Å². The molecule has 0 saturated heterocycles. The van der Waals surface area contributed by atoms with Gasteiger partial charge < -0.3 is 4.57 Å². The summed E-state index contributed by atoms with van der Waals surface area (Å²) < 4.78 is 43.4. The molecule has 3 aromatic heterocycles. The Morgan fingerprint density at radius 1 is 0.964 bits per heavy atom. The van der Waals surface area contributed by atoms with Gasteiger partial charge in [0.15, 0.2) is 17.5 Å². The Morgan fingerprint density at radius 2 is 1.71 bits per heavy atom. The van der Waals surface area contributed by atoms with Crippen LogP contribution in [0.5, 0.6) is 0 Å². The molecule has 0 bridgehead atoms. The molecule has 1 aliphatic carbocycles. The predicted molar refractivity (Wildman–Crippen MR) is 98.2 cm³/mol.